The van der Waals surface area contributed by atoms with Crippen molar-refractivity contribution in [1.29, 1.82) is 0 Å². The van der Waals surface area contributed by atoms with Crippen LogP contribution < -0.4 is 4.74 Å². The number of rotatable bonds is 3. The Morgan fingerprint density at radius 1 is 1.26 bits per heavy atom. The van der Waals surface area contributed by atoms with E-state index in [1.165, 1.54) is 6.07 Å². The molecule has 0 saturated heterocycles. The number of ether oxygens (including phenoxy) is 1. The van der Waals surface area contributed by atoms with Crippen molar-refractivity contribution in [1.82, 2.24) is 4.98 Å². The monoisotopic (exact) mass is 275 g/mol. The summed E-state index contributed by atoms with van der Waals surface area (Å²) in [6.07, 6.45) is 2.73. The van der Waals surface area contributed by atoms with Gasteiger partial charge >= 0.3 is 0 Å². The normalized spacial score (nSPS) is 9.58. The van der Waals surface area contributed by atoms with E-state index in [1.807, 2.05) is 24.3 Å². The Balaban J connectivity index is 2.03. The van der Waals surface area contributed by atoms with E-state index in [4.69, 9.17) is 16.3 Å². The van der Waals surface area contributed by atoms with Gasteiger partial charge in [0.25, 0.3) is 0 Å². The van der Waals surface area contributed by atoms with Gasteiger partial charge in [0.05, 0.1) is 12.1 Å². The zero-order chi connectivity index (χ0) is 13.5. The average molecular weight is 276 g/mol. The molecule has 1 aromatic heterocycles. The molecule has 1 heterocycles. The highest BCUT2D eigenvalue weighted by Crippen LogP contribution is 2.14. The molecule has 0 aliphatic heterocycles. The van der Waals surface area contributed by atoms with E-state index in [2.05, 4.69) is 16.8 Å². The van der Waals surface area contributed by atoms with Crippen molar-refractivity contribution >= 4 is 11.6 Å². The number of alkyl halides is 1. The predicted octanol–water partition coefficient (Wildman–Crippen LogP) is 3.39. The molecule has 0 spiro atoms. The summed E-state index contributed by atoms with van der Waals surface area (Å²) in [7, 11) is 0. The first-order valence-electron chi connectivity index (χ1n) is 5.65. The molecule has 0 N–H and O–H groups in total. The molecule has 0 unspecified atom stereocenters. The molecule has 2 rings (SSSR count). The molecule has 1 aromatic carbocycles. The van der Waals surface area contributed by atoms with Crippen LogP contribution in [0.4, 0.5) is 4.39 Å². The maximum Gasteiger partial charge on any atom is 0.141 e. The van der Waals surface area contributed by atoms with Gasteiger partial charge in [0.2, 0.25) is 0 Å². The second-order valence-electron chi connectivity index (χ2n) is 3.76. The topological polar surface area (TPSA) is 22.1 Å². The van der Waals surface area contributed by atoms with E-state index < -0.39 is 0 Å². The molecule has 96 valence electrons. The van der Waals surface area contributed by atoms with Gasteiger partial charge in [0.15, 0.2) is 0 Å². The van der Waals surface area contributed by atoms with Crippen LogP contribution in [0, 0.1) is 17.7 Å². The molecule has 4 heteroatoms. The molecule has 0 atom stereocenters. The third-order valence-electron chi connectivity index (χ3n) is 2.30. The van der Waals surface area contributed by atoms with Crippen LogP contribution in [0.5, 0.6) is 5.75 Å². The fourth-order valence-electron chi connectivity index (χ4n) is 1.50. The molecular weight excluding hydrogens is 265 g/mol. The van der Waals surface area contributed by atoms with Crippen molar-refractivity contribution in [3.8, 4) is 17.6 Å². The summed E-state index contributed by atoms with van der Waals surface area (Å²) in [4.78, 5) is 3.76. The van der Waals surface area contributed by atoms with Crippen molar-refractivity contribution < 1.29 is 9.13 Å². The summed E-state index contributed by atoms with van der Waals surface area (Å²) < 4.78 is 18.5. The standard InChI is InChI=1S/C15H11ClFNO/c16-6-2-4-12-3-1-5-15(8-12)19-11-13-7-14(17)10-18-9-13/h1,3,5,7-10H,6,11H2. The molecule has 0 aliphatic rings. The Labute approximate surface area is 116 Å². The van der Waals surface area contributed by atoms with E-state index in [-0.39, 0.29) is 12.4 Å². The van der Waals surface area contributed by atoms with Crippen LogP contribution in [0.15, 0.2) is 42.7 Å². The van der Waals surface area contributed by atoms with Crippen molar-refractivity contribution in [3.05, 3.63) is 59.7 Å². The second kappa shape index (κ2) is 6.77. The maximum atomic E-state index is 12.9. The Hall–Kier alpha value is -2.05. The molecule has 19 heavy (non-hydrogen) atoms. The molecule has 2 nitrogen and oxygen atoms in total. The van der Waals surface area contributed by atoms with Crippen LogP contribution in [-0.4, -0.2) is 10.9 Å². The van der Waals surface area contributed by atoms with Crippen LogP contribution in [0.1, 0.15) is 11.1 Å². The summed E-state index contributed by atoms with van der Waals surface area (Å²) in [6.45, 7) is 0.261. The number of benzene rings is 1. The zero-order valence-electron chi connectivity index (χ0n) is 10.1. The SMILES string of the molecule is Fc1cncc(COc2cccc(C#CCCl)c2)c1. The molecule has 0 bridgehead atoms. The lowest BCUT2D eigenvalue weighted by Crippen LogP contribution is -1.97. The highest BCUT2D eigenvalue weighted by atomic mass is 35.5. The van der Waals surface area contributed by atoms with Gasteiger partial charge in [-0.1, -0.05) is 17.9 Å². The zero-order valence-corrected chi connectivity index (χ0v) is 10.8. The average Bonchev–Trinajstić information content (AvgIpc) is 2.43. The summed E-state index contributed by atoms with van der Waals surface area (Å²) in [6, 6.07) is 8.74. The first-order chi connectivity index (χ1) is 9.28. The lowest BCUT2D eigenvalue weighted by Gasteiger charge is -2.06. The molecule has 2 aromatic rings. The van der Waals surface area contributed by atoms with Crippen LogP contribution in [0.25, 0.3) is 0 Å². The second-order valence-corrected chi connectivity index (χ2v) is 4.03. The smallest absolute Gasteiger partial charge is 0.141 e. The Morgan fingerprint density at radius 2 is 2.16 bits per heavy atom. The third-order valence-corrected chi connectivity index (χ3v) is 2.43. The van der Waals surface area contributed by atoms with E-state index in [0.29, 0.717) is 17.2 Å². The summed E-state index contributed by atoms with van der Waals surface area (Å²) in [5, 5.41) is 0. The van der Waals surface area contributed by atoms with Crippen LogP contribution in [0.3, 0.4) is 0 Å². The van der Waals surface area contributed by atoms with Gasteiger partial charge in [-0.25, -0.2) is 4.39 Å². The van der Waals surface area contributed by atoms with Gasteiger partial charge in [0.1, 0.15) is 18.2 Å². The lowest BCUT2D eigenvalue weighted by molar-refractivity contribution is 0.305. The van der Waals surface area contributed by atoms with Gasteiger partial charge in [-0.2, -0.15) is 0 Å². The summed E-state index contributed by atoms with van der Waals surface area (Å²) in [5.41, 5.74) is 1.51. The Morgan fingerprint density at radius 3 is 2.95 bits per heavy atom. The van der Waals surface area contributed by atoms with Gasteiger partial charge in [0, 0.05) is 17.3 Å². The number of nitrogens with zero attached hydrogens (tertiary/aromatic N) is 1. The molecule has 0 amide bonds. The molecule has 0 saturated carbocycles. The van der Waals surface area contributed by atoms with Crippen LogP contribution in [0.2, 0.25) is 0 Å². The summed E-state index contributed by atoms with van der Waals surface area (Å²) in [5.74, 6) is 6.27. The number of pyridine rings is 1. The van der Waals surface area contributed by atoms with E-state index in [0.717, 1.165) is 11.8 Å². The minimum Gasteiger partial charge on any atom is -0.489 e. The fourth-order valence-corrected chi connectivity index (χ4v) is 1.57. The van der Waals surface area contributed by atoms with Crippen LogP contribution >= 0.6 is 11.6 Å². The number of hydrogen-bond donors (Lipinski definition) is 0. The van der Waals surface area contributed by atoms with Crippen molar-refractivity contribution in [2.24, 2.45) is 0 Å². The van der Waals surface area contributed by atoms with Gasteiger partial charge in [-0.15, -0.1) is 11.6 Å². The minimum absolute atomic E-state index is 0.261. The number of aromatic nitrogens is 1. The van der Waals surface area contributed by atoms with E-state index in [1.54, 1.807) is 6.20 Å². The molecule has 0 radical (unpaired) electrons. The van der Waals surface area contributed by atoms with E-state index in [9.17, 15) is 4.39 Å². The molecule has 0 aliphatic carbocycles. The van der Waals surface area contributed by atoms with Gasteiger partial charge < -0.3 is 4.74 Å². The molecule has 0 fully saturated rings. The van der Waals surface area contributed by atoms with Crippen LogP contribution in [-0.2, 0) is 6.61 Å². The quantitative estimate of drug-likeness (QED) is 0.633. The molecular formula is C15H11ClFNO. The van der Waals surface area contributed by atoms with Gasteiger partial charge in [-0.05, 0) is 24.3 Å². The van der Waals surface area contributed by atoms with Crippen molar-refractivity contribution in [3.63, 3.8) is 0 Å². The number of halogens is 2. The number of hydrogen-bond acceptors (Lipinski definition) is 2. The lowest BCUT2D eigenvalue weighted by atomic mass is 10.2. The van der Waals surface area contributed by atoms with E-state index >= 15 is 0 Å². The first kappa shape index (κ1) is 13.4. The maximum absolute atomic E-state index is 12.9. The highest BCUT2D eigenvalue weighted by Gasteiger charge is 1.99. The Kier molecular flexibility index (Phi) is 4.77. The van der Waals surface area contributed by atoms with Crippen molar-refractivity contribution in [2.75, 3.05) is 5.88 Å². The third kappa shape index (κ3) is 4.27. The summed E-state index contributed by atoms with van der Waals surface area (Å²) >= 11 is 5.50. The van der Waals surface area contributed by atoms with Crippen molar-refractivity contribution in [2.45, 2.75) is 6.61 Å². The van der Waals surface area contributed by atoms with Gasteiger partial charge in [-0.3, -0.25) is 4.98 Å². The Bertz CT molecular complexity index is 619. The first-order valence-corrected chi connectivity index (χ1v) is 6.18. The minimum atomic E-state index is -0.372. The largest absolute Gasteiger partial charge is 0.489 e. The fraction of sp³-hybridized carbons (Fsp3) is 0.133. The highest BCUT2D eigenvalue weighted by molar-refractivity contribution is 6.19. The predicted molar refractivity (Wildman–Crippen MR) is 72.6 cm³/mol.